The molecular formula is C21H24N4O3S. The maximum atomic E-state index is 12.9. The standard InChI is InChI=1S/C21H24N4O3S/c1-13-19(29-14(2)22-13)20(26)23-16-5-6-17-15(11-16)12-18(28-17)21(27)25-8-4-7-24(3)9-10-25/h5-6,11-12H,4,7-10H2,1-3H3,(H,23,26). The molecular weight excluding hydrogens is 388 g/mol. The van der Waals surface area contributed by atoms with Gasteiger partial charge in [0.1, 0.15) is 10.5 Å². The SMILES string of the molecule is Cc1nc(C)c(C(=O)Nc2ccc3oc(C(=O)N4CCCN(C)CC4)cc3c2)s1. The van der Waals surface area contributed by atoms with Crippen LogP contribution in [0, 0.1) is 13.8 Å². The maximum Gasteiger partial charge on any atom is 0.289 e. The molecule has 0 saturated carbocycles. The smallest absolute Gasteiger partial charge is 0.289 e. The zero-order valence-electron chi connectivity index (χ0n) is 16.8. The molecule has 1 fully saturated rings. The Hall–Kier alpha value is -2.71. The van der Waals surface area contributed by atoms with E-state index in [0.717, 1.165) is 42.1 Å². The Morgan fingerprint density at radius 1 is 1.14 bits per heavy atom. The predicted octanol–water partition coefficient (Wildman–Crippen LogP) is 3.54. The van der Waals surface area contributed by atoms with Crippen molar-refractivity contribution in [1.29, 1.82) is 0 Å². The quantitative estimate of drug-likeness (QED) is 0.712. The van der Waals surface area contributed by atoms with Crippen LogP contribution in [0.4, 0.5) is 5.69 Å². The minimum atomic E-state index is -0.180. The van der Waals surface area contributed by atoms with Crippen LogP contribution < -0.4 is 5.32 Å². The van der Waals surface area contributed by atoms with Gasteiger partial charge in [-0.05, 0) is 58.1 Å². The summed E-state index contributed by atoms with van der Waals surface area (Å²) < 4.78 is 5.79. The molecule has 0 bridgehead atoms. The molecule has 4 rings (SSSR count). The molecule has 2 aromatic heterocycles. The van der Waals surface area contributed by atoms with E-state index in [4.69, 9.17) is 4.42 Å². The van der Waals surface area contributed by atoms with Gasteiger partial charge in [0, 0.05) is 30.7 Å². The summed E-state index contributed by atoms with van der Waals surface area (Å²) >= 11 is 1.38. The normalized spacial score (nSPS) is 15.5. The molecule has 0 unspecified atom stereocenters. The van der Waals surface area contributed by atoms with E-state index in [2.05, 4.69) is 22.2 Å². The van der Waals surface area contributed by atoms with Gasteiger partial charge in [0.15, 0.2) is 5.76 Å². The molecule has 3 aromatic rings. The first-order valence-electron chi connectivity index (χ1n) is 9.67. The van der Waals surface area contributed by atoms with Crippen molar-refractivity contribution in [1.82, 2.24) is 14.8 Å². The average molecular weight is 413 g/mol. The van der Waals surface area contributed by atoms with Crippen LogP contribution in [0.1, 0.15) is 37.3 Å². The van der Waals surface area contributed by atoms with Gasteiger partial charge in [0.2, 0.25) is 0 Å². The zero-order chi connectivity index (χ0) is 20.5. The number of aromatic nitrogens is 1. The number of amides is 2. The molecule has 1 aliphatic heterocycles. The van der Waals surface area contributed by atoms with E-state index in [0.29, 0.717) is 28.5 Å². The fourth-order valence-corrected chi connectivity index (χ4v) is 4.38. The first-order valence-corrected chi connectivity index (χ1v) is 10.5. The van der Waals surface area contributed by atoms with Crippen molar-refractivity contribution < 1.29 is 14.0 Å². The summed E-state index contributed by atoms with van der Waals surface area (Å²) in [6.45, 7) is 6.99. The number of hydrogen-bond acceptors (Lipinski definition) is 6. The molecule has 1 saturated heterocycles. The Bertz CT molecular complexity index is 1070. The van der Waals surface area contributed by atoms with Crippen molar-refractivity contribution in [2.24, 2.45) is 0 Å². The van der Waals surface area contributed by atoms with Gasteiger partial charge < -0.3 is 19.5 Å². The number of anilines is 1. The second kappa shape index (κ2) is 7.96. The lowest BCUT2D eigenvalue weighted by Gasteiger charge is -2.18. The van der Waals surface area contributed by atoms with Crippen molar-refractivity contribution in [3.8, 4) is 0 Å². The molecule has 1 aliphatic rings. The van der Waals surface area contributed by atoms with Gasteiger partial charge >= 0.3 is 0 Å². The van der Waals surface area contributed by atoms with Crippen LogP contribution in [0.2, 0.25) is 0 Å². The zero-order valence-corrected chi connectivity index (χ0v) is 17.6. The number of benzene rings is 1. The van der Waals surface area contributed by atoms with E-state index in [9.17, 15) is 9.59 Å². The lowest BCUT2D eigenvalue weighted by atomic mass is 10.2. The van der Waals surface area contributed by atoms with Crippen LogP contribution in [-0.4, -0.2) is 59.8 Å². The van der Waals surface area contributed by atoms with Crippen LogP contribution in [0.25, 0.3) is 11.0 Å². The van der Waals surface area contributed by atoms with Crippen LogP contribution in [0.5, 0.6) is 0 Å². The van der Waals surface area contributed by atoms with Crippen LogP contribution >= 0.6 is 11.3 Å². The Balaban J connectivity index is 1.52. The third-order valence-electron chi connectivity index (χ3n) is 5.10. The van der Waals surface area contributed by atoms with Gasteiger partial charge in [-0.15, -0.1) is 11.3 Å². The van der Waals surface area contributed by atoms with Crippen molar-refractivity contribution in [3.63, 3.8) is 0 Å². The van der Waals surface area contributed by atoms with Gasteiger partial charge in [0.05, 0.1) is 10.7 Å². The van der Waals surface area contributed by atoms with Crippen molar-refractivity contribution >= 4 is 39.8 Å². The third-order valence-corrected chi connectivity index (χ3v) is 6.17. The topological polar surface area (TPSA) is 78.7 Å². The molecule has 152 valence electrons. The van der Waals surface area contributed by atoms with Crippen LogP contribution in [0.15, 0.2) is 28.7 Å². The summed E-state index contributed by atoms with van der Waals surface area (Å²) in [6.07, 6.45) is 0.953. The molecule has 8 heteroatoms. The molecule has 1 N–H and O–H groups in total. The Labute approximate surface area is 173 Å². The van der Waals surface area contributed by atoms with E-state index in [1.54, 1.807) is 18.2 Å². The van der Waals surface area contributed by atoms with E-state index in [1.807, 2.05) is 24.8 Å². The molecule has 0 atom stereocenters. The highest BCUT2D eigenvalue weighted by atomic mass is 32.1. The number of nitrogens with one attached hydrogen (secondary N) is 1. The first-order chi connectivity index (χ1) is 13.9. The molecule has 0 spiro atoms. The Morgan fingerprint density at radius 3 is 2.72 bits per heavy atom. The van der Waals surface area contributed by atoms with E-state index in [-0.39, 0.29) is 11.8 Å². The minimum Gasteiger partial charge on any atom is -0.451 e. The second-order valence-electron chi connectivity index (χ2n) is 7.41. The summed E-state index contributed by atoms with van der Waals surface area (Å²) in [7, 11) is 2.07. The molecule has 3 heterocycles. The van der Waals surface area contributed by atoms with Gasteiger partial charge in [-0.3, -0.25) is 9.59 Å². The van der Waals surface area contributed by atoms with Crippen molar-refractivity contribution in [3.05, 3.63) is 45.6 Å². The number of rotatable bonds is 3. The molecule has 0 radical (unpaired) electrons. The number of carbonyl (C=O) groups excluding carboxylic acids is 2. The number of thiazole rings is 1. The number of aryl methyl sites for hydroxylation is 2. The highest BCUT2D eigenvalue weighted by Gasteiger charge is 2.22. The maximum absolute atomic E-state index is 12.9. The number of fused-ring (bicyclic) bond motifs is 1. The van der Waals surface area contributed by atoms with Gasteiger partial charge in [-0.1, -0.05) is 0 Å². The summed E-state index contributed by atoms with van der Waals surface area (Å²) in [6, 6.07) is 7.14. The summed E-state index contributed by atoms with van der Waals surface area (Å²) in [5, 5.41) is 4.56. The third kappa shape index (κ3) is 4.18. The van der Waals surface area contributed by atoms with Crippen molar-refractivity contribution in [2.45, 2.75) is 20.3 Å². The fraction of sp³-hybridized carbons (Fsp3) is 0.381. The fourth-order valence-electron chi connectivity index (χ4n) is 3.56. The van der Waals surface area contributed by atoms with Crippen LogP contribution in [0.3, 0.4) is 0 Å². The Kier molecular flexibility index (Phi) is 5.38. The molecule has 7 nitrogen and oxygen atoms in total. The predicted molar refractivity (Wildman–Crippen MR) is 114 cm³/mol. The summed E-state index contributed by atoms with van der Waals surface area (Å²) in [4.78, 5) is 34.4. The largest absolute Gasteiger partial charge is 0.451 e. The summed E-state index contributed by atoms with van der Waals surface area (Å²) in [5.41, 5.74) is 2.01. The number of furan rings is 1. The van der Waals surface area contributed by atoms with Gasteiger partial charge in [0.25, 0.3) is 11.8 Å². The summed E-state index contributed by atoms with van der Waals surface area (Å²) in [5.74, 6) is 0.0701. The molecule has 29 heavy (non-hydrogen) atoms. The van der Waals surface area contributed by atoms with E-state index < -0.39 is 0 Å². The Morgan fingerprint density at radius 2 is 1.97 bits per heavy atom. The number of likely N-dealkylation sites (N-methyl/N-ethyl adjacent to an activating group) is 1. The number of carbonyl (C=O) groups is 2. The number of nitrogens with zero attached hydrogens (tertiary/aromatic N) is 3. The second-order valence-corrected chi connectivity index (χ2v) is 8.62. The monoisotopic (exact) mass is 412 g/mol. The minimum absolute atomic E-state index is 0.0853. The van der Waals surface area contributed by atoms with Gasteiger partial charge in [-0.2, -0.15) is 0 Å². The van der Waals surface area contributed by atoms with Crippen LogP contribution in [-0.2, 0) is 0 Å². The lowest BCUT2D eigenvalue weighted by Crippen LogP contribution is -2.34. The molecule has 1 aromatic carbocycles. The van der Waals surface area contributed by atoms with E-state index in [1.165, 1.54) is 11.3 Å². The van der Waals surface area contributed by atoms with Gasteiger partial charge in [-0.25, -0.2) is 4.98 Å². The van der Waals surface area contributed by atoms with Crippen molar-refractivity contribution in [2.75, 3.05) is 38.5 Å². The first kappa shape index (κ1) is 19.6. The number of hydrogen-bond donors (Lipinski definition) is 1. The molecule has 2 amide bonds. The highest BCUT2D eigenvalue weighted by molar-refractivity contribution is 7.13. The lowest BCUT2D eigenvalue weighted by molar-refractivity contribution is 0.0733. The highest BCUT2D eigenvalue weighted by Crippen LogP contribution is 2.25. The average Bonchev–Trinajstić information content (AvgIpc) is 3.18. The molecule has 0 aliphatic carbocycles. The van der Waals surface area contributed by atoms with E-state index >= 15 is 0 Å².